The lowest BCUT2D eigenvalue weighted by molar-refractivity contribution is -0.192. The van der Waals surface area contributed by atoms with Gasteiger partial charge in [0.2, 0.25) is 0 Å². The molecule has 1 heterocycles. The summed E-state index contributed by atoms with van der Waals surface area (Å²) in [5.74, 6) is -3.06. The summed E-state index contributed by atoms with van der Waals surface area (Å²) in [6, 6.07) is -1.24. The molecule has 2 rings (SSSR count). The van der Waals surface area contributed by atoms with E-state index in [-0.39, 0.29) is 25.2 Å². The predicted molar refractivity (Wildman–Crippen MR) is 79.3 cm³/mol. The molecule has 0 aromatic heterocycles. The summed E-state index contributed by atoms with van der Waals surface area (Å²) in [4.78, 5) is 24.7. The Morgan fingerprint density at radius 1 is 1.17 bits per heavy atom. The van der Waals surface area contributed by atoms with Gasteiger partial charge in [-0.15, -0.1) is 0 Å². The first-order valence-corrected chi connectivity index (χ1v) is 8.30. The number of amides is 1. The van der Waals surface area contributed by atoms with E-state index in [2.05, 4.69) is 0 Å². The standard InChI is InChI=1S/C16H24F3NO4/c1-10(2)15(14(22)23)6-3-12(9-15)20(13(21)16(17,18)19)11-4-7-24-8-5-11/h10-12H,3-9H2,1-2H3,(H,22,23)/t12-,15+/m1/s1. The molecule has 0 aromatic rings. The second-order valence-electron chi connectivity index (χ2n) is 7.07. The fourth-order valence-corrected chi connectivity index (χ4v) is 3.99. The molecule has 0 aromatic carbocycles. The average molecular weight is 351 g/mol. The Bertz CT molecular complexity index is 488. The van der Waals surface area contributed by atoms with Crippen LogP contribution in [-0.4, -0.2) is 53.4 Å². The van der Waals surface area contributed by atoms with E-state index in [0.29, 0.717) is 26.1 Å². The van der Waals surface area contributed by atoms with E-state index in [0.717, 1.165) is 4.90 Å². The highest BCUT2D eigenvalue weighted by Crippen LogP contribution is 2.47. The van der Waals surface area contributed by atoms with Crippen LogP contribution in [0.2, 0.25) is 0 Å². The summed E-state index contributed by atoms with van der Waals surface area (Å²) < 4.78 is 44.4. The zero-order chi connectivity index (χ0) is 18.1. The van der Waals surface area contributed by atoms with Gasteiger partial charge in [-0.2, -0.15) is 13.2 Å². The number of carbonyl (C=O) groups is 2. The number of carbonyl (C=O) groups excluding carboxylic acids is 1. The Labute approximate surface area is 139 Å². The van der Waals surface area contributed by atoms with Crippen LogP contribution in [0.5, 0.6) is 0 Å². The van der Waals surface area contributed by atoms with Crippen molar-refractivity contribution < 1.29 is 32.6 Å². The maximum atomic E-state index is 13.1. The lowest BCUT2D eigenvalue weighted by Gasteiger charge is -2.39. The second kappa shape index (κ2) is 6.90. The molecule has 1 aliphatic heterocycles. The van der Waals surface area contributed by atoms with E-state index >= 15 is 0 Å². The van der Waals surface area contributed by atoms with Crippen molar-refractivity contribution in [2.75, 3.05) is 13.2 Å². The molecule has 2 fully saturated rings. The van der Waals surface area contributed by atoms with Gasteiger partial charge in [-0.1, -0.05) is 13.8 Å². The summed E-state index contributed by atoms with van der Waals surface area (Å²) in [5, 5.41) is 9.60. The lowest BCUT2D eigenvalue weighted by Crippen LogP contribution is -2.53. The lowest BCUT2D eigenvalue weighted by atomic mass is 9.75. The maximum absolute atomic E-state index is 13.1. The van der Waals surface area contributed by atoms with Crippen LogP contribution in [-0.2, 0) is 14.3 Å². The first kappa shape index (κ1) is 19.0. The van der Waals surface area contributed by atoms with Gasteiger partial charge in [-0.3, -0.25) is 9.59 Å². The summed E-state index contributed by atoms with van der Waals surface area (Å²) in [5.41, 5.74) is -1.07. The van der Waals surface area contributed by atoms with Gasteiger partial charge in [0, 0.05) is 25.3 Å². The summed E-state index contributed by atoms with van der Waals surface area (Å²) in [7, 11) is 0. The molecule has 2 aliphatic rings. The normalized spacial score (nSPS) is 29.0. The third-order valence-corrected chi connectivity index (χ3v) is 5.51. The minimum atomic E-state index is -4.95. The number of carboxylic acids is 1. The fraction of sp³-hybridized carbons (Fsp3) is 0.875. The molecule has 2 atom stereocenters. The molecule has 0 radical (unpaired) electrons. The molecule has 0 spiro atoms. The third kappa shape index (κ3) is 3.53. The number of hydrogen-bond donors (Lipinski definition) is 1. The largest absolute Gasteiger partial charge is 0.481 e. The van der Waals surface area contributed by atoms with Gasteiger partial charge in [-0.25, -0.2) is 0 Å². The molecule has 24 heavy (non-hydrogen) atoms. The van der Waals surface area contributed by atoms with Crippen LogP contribution >= 0.6 is 0 Å². The van der Waals surface area contributed by atoms with Crippen molar-refractivity contribution in [3.8, 4) is 0 Å². The topological polar surface area (TPSA) is 66.8 Å². The summed E-state index contributed by atoms with van der Waals surface area (Å²) in [6.07, 6.45) is -3.62. The van der Waals surface area contributed by atoms with Crippen LogP contribution in [0.4, 0.5) is 13.2 Å². The zero-order valence-electron chi connectivity index (χ0n) is 13.9. The van der Waals surface area contributed by atoms with Crippen LogP contribution in [0.25, 0.3) is 0 Å². The third-order valence-electron chi connectivity index (χ3n) is 5.51. The van der Waals surface area contributed by atoms with Gasteiger partial charge in [0.15, 0.2) is 0 Å². The molecule has 1 saturated carbocycles. The molecule has 5 nitrogen and oxygen atoms in total. The quantitative estimate of drug-likeness (QED) is 0.846. The molecular weight excluding hydrogens is 327 g/mol. The van der Waals surface area contributed by atoms with Gasteiger partial charge >= 0.3 is 18.1 Å². The molecule has 1 saturated heterocycles. The molecule has 8 heteroatoms. The zero-order valence-corrected chi connectivity index (χ0v) is 13.9. The smallest absolute Gasteiger partial charge is 0.471 e. The minimum absolute atomic E-state index is 0.0686. The molecule has 0 unspecified atom stereocenters. The molecule has 1 N–H and O–H groups in total. The number of ether oxygens (including phenoxy) is 1. The summed E-state index contributed by atoms with van der Waals surface area (Å²) in [6.45, 7) is 4.16. The Balaban J connectivity index is 2.28. The highest BCUT2D eigenvalue weighted by Gasteiger charge is 2.54. The van der Waals surface area contributed by atoms with Gasteiger partial charge in [-0.05, 0) is 38.0 Å². The van der Waals surface area contributed by atoms with Crippen molar-refractivity contribution in [3.05, 3.63) is 0 Å². The number of aliphatic carboxylic acids is 1. The first-order valence-electron chi connectivity index (χ1n) is 8.30. The minimum Gasteiger partial charge on any atom is -0.481 e. The van der Waals surface area contributed by atoms with E-state index in [1.165, 1.54) is 0 Å². The average Bonchev–Trinajstić information content (AvgIpc) is 2.94. The summed E-state index contributed by atoms with van der Waals surface area (Å²) >= 11 is 0. The monoisotopic (exact) mass is 351 g/mol. The number of nitrogens with zero attached hydrogens (tertiary/aromatic N) is 1. The van der Waals surface area contributed by atoms with Crippen LogP contribution in [0, 0.1) is 11.3 Å². The Morgan fingerprint density at radius 3 is 2.17 bits per heavy atom. The number of halogens is 3. The maximum Gasteiger partial charge on any atom is 0.471 e. The van der Waals surface area contributed by atoms with E-state index in [1.807, 2.05) is 0 Å². The van der Waals surface area contributed by atoms with Crippen molar-refractivity contribution in [2.45, 2.75) is 64.2 Å². The molecule has 1 amide bonds. The number of alkyl halides is 3. The molecule has 138 valence electrons. The second-order valence-corrected chi connectivity index (χ2v) is 7.07. The Hall–Kier alpha value is -1.31. The van der Waals surface area contributed by atoms with E-state index in [9.17, 15) is 27.9 Å². The Kier molecular flexibility index (Phi) is 5.47. The van der Waals surface area contributed by atoms with Gasteiger partial charge in [0.05, 0.1) is 5.41 Å². The fourth-order valence-electron chi connectivity index (χ4n) is 3.99. The first-order chi connectivity index (χ1) is 11.1. The van der Waals surface area contributed by atoms with E-state index in [1.54, 1.807) is 13.8 Å². The Morgan fingerprint density at radius 2 is 1.75 bits per heavy atom. The van der Waals surface area contributed by atoms with Crippen LogP contribution in [0.15, 0.2) is 0 Å². The van der Waals surface area contributed by atoms with Crippen molar-refractivity contribution in [1.82, 2.24) is 4.90 Å². The highest BCUT2D eigenvalue weighted by atomic mass is 19.4. The number of carboxylic acid groups (broad SMARTS) is 1. The van der Waals surface area contributed by atoms with Gasteiger partial charge in [0.1, 0.15) is 0 Å². The van der Waals surface area contributed by atoms with Crippen molar-refractivity contribution in [3.63, 3.8) is 0 Å². The predicted octanol–water partition coefficient (Wildman–Crippen LogP) is 2.84. The van der Waals surface area contributed by atoms with Gasteiger partial charge < -0.3 is 14.7 Å². The molecular formula is C16H24F3NO4. The van der Waals surface area contributed by atoms with Gasteiger partial charge in [0.25, 0.3) is 0 Å². The number of rotatable bonds is 4. The molecule has 1 aliphatic carbocycles. The van der Waals surface area contributed by atoms with Crippen LogP contribution < -0.4 is 0 Å². The van der Waals surface area contributed by atoms with Crippen molar-refractivity contribution in [1.29, 1.82) is 0 Å². The van der Waals surface area contributed by atoms with Crippen molar-refractivity contribution in [2.24, 2.45) is 11.3 Å². The van der Waals surface area contributed by atoms with Crippen molar-refractivity contribution >= 4 is 11.9 Å². The molecule has 0 bridgehead atoms. The number of hydrogen-bond acceptors (Lipinski definition) is 3. The SMILES string of the molecule is CC(C)[C@]1(C(=O)O)CC[C@@H](N(C(=O)C(F)(F)F)C2CCOCC2)C1. The van der Waals surface area contributed by atoms with E-state index < -0.39 is 35.6 Å². The van der Waals surface area contributed by atoms with Crippen LogP contribution in [0.3, 0.4) is 0 Å². The van der Waals surface area contributed by atoms with Crippen LogP contribution in [0.1, 0.15) is 46.0 Å². The highest BCUT2D eigenvalue weighted by molar-refractivity contribution is 5.83. The van der Waals surface area contributed by atoms with E-state index in [4.69, 9.17) is 4.74 Å².